The molecule has 8 heteroatoms. The smallest absolute Gasteiger partial charge is 0.270 e. The minimum atomic E-state index is -0.834. The zero-order chi connectivity index (χ0) is 22.5. The molecule has 0 N–H and O–H groups in total. The molecule has 1 heterocycles. The molecule has 0 radical (unpaired) electrons. The lowest BCUT2D eigenvalue weighted by Gasteiger charge is -2.22. The van der Waals surface area contributed by atoms with E-state index < -0.39 is 30.2 Å². The Morgan fingerprint density at radius 1 is 1.16 bits per heavy atom. The molecule has 0 bridgehead atoms. The Bertz CT molecular complexity index is 1010. The van der Waals surface area contributed by atoms with Crippen molar-refractivity contribution in [3.8, 4) is 17.2 Å². The molecule has 0 aromatic heterocycles. The number of nitrogens with zero attached hydrogens (tertiary/aromatic N) is 1. The molecule has 0 fully saturated rings. The Labute approximate surface area is 189 Å². The van der Waals surface area contributed by atoms with Crippen molar-refractivity contribution in [1.29, 1.82) is 0 Å². The highest BCUT2D eigenvalue weighted by molar-refractivity contribution is 9.10. The van der Waals surface area contributed by atoms with Gasteiger partial charge in [-0.25, -0.2) is 0 Å². The van der Waals surface area contributed by atoms with E-state index >= 15 is 0 Å². The molecule has 1 unspecified atom stereocenters. The van der Waals surface area contributed by atoms with Crippen molar-refractivity contribution in [1.82, 2.24) is 4.90 Å². The van der Waals surface area contributed by atoms with Gasteiger partial charge in [0, 0.05) is 6.07 Å². The maximum Gasteiger partial charge on any atom is 0.270 e. The van der Waals surface area contributed by atoms with Gasteiger partial charge in [-0.15, -0.1) is 0 Å². The number of rotatable bonds is 8. The molecule has 7 nitrogen and oxygen atoms in total. The summed E-state index contributed by atoms with van der Waals surface area (Å²) in [5, 5.41) is 0. The summed E-state index contributed by atoms with van der Waals surface area (Å²) in [7, 11) is 1.51. The largest absolute Gasteiger partial charge is 0.495 e. The van der Waals surface area contributed by atoms with Crippen LogP contribution in [0.5, 0.6) is 17.2 Å². The quantitative estimate of drug-likeness (QED) is 0.406. The standard InChI is InChI=1S/C23H24BrNO6/c1-4-8-19-23(28)25(22(27)14-9-6-7-10-18(14)31-19)13-17(26)15-11-16(24)21(29-3)12-20(15)30-5-2/h6-7,9-12,19H,4-5,8,13H2,1-3H3. The van der Waals surface area contributed by atoms with E-state index in [-0.39, 0.29) is 11.1 Å². The second kappa shape index (κ2) is 9.96. The van der Waals surface area contributed by atoms with Crippen LogP contribution in [0.25, 0.3) is 0 Å². The zero-order valence-electron chi connectivity index (χ0n) is 17.6. The second-order valence-electron chi connectivity index (χ2n) is 6.96. The van der Waals surface area contributed by atoms with Gasteiger partial charge in [0.05, 0.1) is 35.9 Å². The van der Waals surface area contributed by atoms with Crippen molar-refractivity contribution >= 4 is 33.5 Å². The fraction of sp³-hybridized carbons (Fsp3) is 0.348. The number of amides is 2. The first kappa shape index (κ1) is 22.8. The van der Waals surface area contributed by atoms with Gasteiger partial charge >= 0.3 is 0 Å². The van der Waals surface area contributed by atoms with E-state index in [9.17, 15) is 14.4 Å². The number of ketones is 1. The molecule has 0 aliphatic carbocycles. The summed E-state index contributed by atoms with van der Waals surface area (Å²) in [4.78, 5) is 40.5. The SMILES string of the molecule is CCCC1Oc2ccccc2C(=O)N(CC(=O)c2cc(Br)c(OC)cc2OCC)C1=O. The lowest BCUT2D eigenvalue weighted by molar-refractivity contribution is -0.135. The molecule has 2 aromatic carbocycles. The van der Waals surface area contributed by atoms with Crippen LogP contribution in [0, 0.1) is 0 Å². The number of halogens is 1. The Balaban J connectivity index is 1.98. The molecule has 1 aliphatic heterocycles. The van der Waals surface area contributed by atoms with Crippen molar-refractivity contribution in [2.45, 2.75) is 32.8 Å². The second-order valence-corrected chi connectivity index (χ2v) is 7.81. The topological polar surface area (TPSA) is 82.1 Å². The van der Waals surface area contributed by atoms with Gasteiger partial charge in [-0.2, -0.15) is 0 Å². The molecule has 31 heavy (non-hydrogen) atoms. The number of benzene rings is 2. The molecule has 1 atom stereocenters. The molecule has 0 saturated heterocycles. The fourth-order valence-electron chi connectivity index (χ4n) is 3.38. The van der Waals surface area contributed by atoms with Gasteiger partial charge in [-0.3, -0.25) is 19.3 Å². The molecular weight excluding hydrogens is 466 g/mol. The van der Waals surface area contributed by atoms with Crippen LogP contribution < -0.4 is 14.2 Å². The maximum atomic E-state index is 13.2. The number of methoxy groups -OCH3 is 1. The molecule has 2 aromatic rings. The zero-order valence-corrected chi connectivity index (χ0v) is 19.2. The highest BCUT2D eigenvalue weighted by Gasteiger charge is 2.37. The van der Waals surface area contributed by atoms with Crippen LogP contribution in [0.4, 0.5) is 0 Å². The number of imide groups is 1. The Morgan fingerprint density at radius 3 is 2.58 bits per heavy atom. The first-order valence-electron chi connectivity index (χ1n) is 10.1. The number of hydrogen-bond donors (Lipinski definition) is 0. The molecule has 3 rings (SSSR count). The van der Waals surface area contributed by atoms with Gasteiger partial charge in [-0.1, -0.05) is 25.5 Å². The predicted molar refractivity (Wildman–Crippen MR) is 118 cm³/mol. The minimum Gasteiger partial charge on any atom is -0.495 e. The lowest BCUT2D eigenvalue weighted by atomic mass is 10.1. The number of para-hydroxylation sites is 1. The van der Waals surface area contributed by atoms with Crippen LogP contribution in [0.2, 0.25) is 0 Å². The van der Waals surface area contributed by atoms with E-state index in [1.807, 2.05) is 6.92 Å². The average molecular weight is 490 g/mol. The molecule has 164 valence electrons. The predicted octanol–water partition coefficient (Wildman–Crippen LogP) is 4.27. The number of carbonyl (C=O) groups excluding carboxylic acids is 3. The average Bonchev–Trinajstić information content (AvgIpc) is 2.86. The van der Waals surface area contributed by atoms with Crippen LogP contribution in [-0.2, 0) is 4.79 Å². The van der Waals surface area contributed by atoms with Crippen LogP contribution in [0.15, 0.2) is 40.9 Å². The number of fused-ring (bicyclic) bond motifs is 1. The van der Waals surface area contributed by atoms with Gasteiger partial charge in [0.15, 0.2) is 11.9 Å². The van der Waals surface area contributed by atoms with E-state index in [1.165, 1.54) is 7.11 Å². The first-order chi connectivity index (χ1) is 14.9. The number of carbonyl (C=O) groups is 3. The Hall–Kier alpha value is -2.87. The molecule has 1 aliphatic rings. The van der Waals surface area contributed by atoms with E-state index in [4.69, 9.17) is 14.2 Å². The Morgan fingerprint density at radius 2 is 1.90 bits per heavy atom. The van der Waals surface area contributed by atoms with Gasteiger partial charge in [0.25, 0.3) is 11.8 Å². The van der Waals surface area contributed by atoms with Gasteiger partial charge in [0.2, 0.25) is 0 Å². The van der Waals surface area contributed by atoms with Crippen molar-refractivity contribution in [3.63, 3.8) is 0 Å². The van der Waals surface area contributed by atoms with Crippen molar-refractivity contribution < 1.29 is 28.6 Å². The number of hydrogen-bond acceptors (Lipinski definition) is 6. The molecule has 0 spiro atoms. The van der Waals surface area contributed by atoms with Crippen LogP contribution >= 0.6 is 15.9 Å². The third-order valence-corrected chi connectivity index (χ3v) is 5.50. The summed E-state index contributed by atoms with van der Waals surface area (Å²) >= 11 is 3.37. The van der Waals surface area contributed by atoms with Gasteiger partial charge < -0.3 is 14.2 Å². The summed E-state index contributed by atoms with van der Waals surface area (Å²) in [5.74, 6) is -0.337. The van der Waals surface area contributed by atoms with Crippen molar-refractivity contribution in [2.24, 2.45) is 0 Å². The van der Waals surface area contributed by atoms with E-state index in [0.29, 0.717) is 41.2 Å². The normalized spacial score (nSPS) is 15.7. The molecular formula is C23H24BrNO6. The first-order valence-corrected chi connectivity index (χ1v) is 10.8. The summed E-state index contributed by atoms with van der Waals surface area (Å²) in [6.07, 6.45) is 0.289. The molecule has 0 saturated carbocycles. The fourth-order valence-corrected chi connectivity index (χ4v) is 3.88. The van der Waals surface area contributed by atoms with E-state index in [1.54, 1.807) is 43.3 Å². The highest BCUT2D eigenvalue weighted by atomic mass is 79.9. The molecule has 2 amide bonds. The number of ether oxygens (including phenoxy) is 3. The van der Waals surface area contributed by atoms with Gasteiger partial charge in [0.1, 0.15) is 17.2 Å². The van der Waals surface area contributed by atoms with Crippen molar-refractivity contribution in [2.75, 3.05) is 20.3 Å². The van der Waals surface area contributed by atoms with Gasteiger partial charge in [-0.05, 0) is 47.5 Å². The summed E-state index contributed by atoms with van der Waals surface area (Å²) in [6, 6.07) is 9.86. The lowest BCUT2D eigenvalue weighted by Crippen LogP contribution is -2.45. The van der Waals surface area contributed by atoms with E-state index in [2.05, 4.69) is 15.9 Å². The van der Waals surface area contributed by atoms with Crippen LogP contribution in [0.1, 0.15) is 47.4 Å². The summed E-state index contributed by atoms with van der Waals surface area (Å²) in [6.45, 7) is 3.64. The third-order valence-electron chi connectivity index (χ3n) is 4.88. The highest BCUT2D eigenvalue weighted by Crippen LogP contribution is 2.34. The van der Waals surface area contributed by atoms with Crippen LogP contribution in [-0.4, -0.2) is 48.9 Å². The van der Waals surface area contributed by atoms with Crippen LogP contribution in [0.3, 0.4) is 0 Å². The third kappa shape index (κ3) is 4.74. The minimum absolute atomic E-state index is 0.251. The van der Waals surface area contributed by atoms with Crippen molar-refractivity contribution in [3.05, 3.63) is 52.0 Å². The number of Topliss-reactive ketones (excluding diaryl/α,β-unsaturated/α-hetero) is 1. The summed E-state index contributed by atoms with van der Waals surface area (Å²) in [5.41, 5.74) is 0.504. The Kier molecular flexibility index (Phi) is 7.33. The van der Waals surface area contributed by atoms with E-state index in [0.717, 1.165) is 4.90 Å². The summed E-state index contributed by atoms with van der Waals surface area (Å²) < 4.78 is 17.3. The monoisotopic (exact) mass is 489 g/mol. The maximum absolute atomic E-state index is 13.2.